The summed E-state index contributed by atoms with van der Waals surface area (Å²) in [7, 11) is -3.20. The zero-order valence-electron chi connectivity index (χ0n) is 12.8. The molecule has 3 rings (SSSR count). The van der Waals surface area contributed by atoms with E-state index >= 15 is 0 Å². The highest BCUT2D eigenvalue weighted by Crippen LogP contribution is 2.33. The molecule has 1 aliphatic heterocycles. The van der Waals surface area contributed by atoms with Gasteiger partial charge in [-0.15, -0.1) is 0 Å². The lowest BCUT2D eigenvalue weighted by Crippen LogP contribution is -2.29. The van der Waals surface area contributed by atoms with Crippen molar-refractivity contribution in [3.8, 4) is 11.4 Å². The molecule has 2 aromatic heterocycles. The molecule has 1 aliphatic rings. The van der Waals surface area contributed by atoms with Gasteiger partial charge in [0.05, 0.1) is 29.4 Å². The monoisotopic (exact) mass is 320 g/mol. The first-order valence-corrected chi connectivity index (χ1v) is 9.31. The molecule has 1 atom stereocenters. The number of aryl methyl sites for hydroxylation is 1. The molecule has 7 heteroatoms. The lowest BCUT2D eigenvalue weighted by atomic mass is 10.1. The van der Waals surface area contributed by atoms with E-state index in [4.69, 9.17) is 4.98 Å². The molecule has 2 aromatic rings. The predicted octanol–water partition coefficient (Wildman–Crippen LogP) is 2.06. The third-order valence-electron chi connectivity index (χ3n) is 4.02. The molecule has 0 aliphatic carbocycles. The van der Waals surface area contributed by atoms with Crippen molar-refractivity contribution in [2.24, 2.45) is 0 Å². The fourth-order valence-corrected chi connectivity index (χ4v) is 4.15. The average molecular weight is 320 g/mol. The van der Waals surface area contributed by atoms with Gasteiger partial charge in [0.1, 0.15) is 0 Å². The van der Waals surface area contributed by atoms with Crippen molar-refractivity contribution < 1.29 is 8.42 Å². The lowest BCUT2D eigenvalue weighted by Gasteiger charge is -2.22. The molecule has 0 saturated carbocycles. The number of rotatable bonds is 4. The molecule has 6 nitrogen and oxygen atoms in total. The molecular formula is C15H20N4O2S. The first-order valence-electron chi connectivity index (χ1n) is 7.46. The van der Waals surface area contributed by atoms with Crippen molar-refractivity contribution >= 4 is 10.0 Å². The quantitative estimate of drug-likeness (QED) is 0.865. The summed E-state index contributed by atoms with van der Waals surface area (Å²) >= 11 is 0. The van der Waals surface area contributed by atoms with E-state index in [1.807, 2.05) is 35.9 Å². The van der Waals surface area contributed by atoms with Gasteiger partial charge in [-0.25, -0.2) is 13.4 Å². The van der Waals surface area contributed by atoms with Crippen LogP contribution in [-0.4, -0.2) is 40.3 Å². The van der Waals surface area contributed by atoms with Crippen molar-refractivity contribution in [1.29, 1.82) is 0 Å². The van der Waals surface area contributed by atoms with E-state index < -0.39 is 10.0 Å². The molecule has 0 radical (unpaired) electrons. The molecule has 0 bridgehead atoms. The topological polar surface area (TPSA) is 68.1 Å². The second-order valence-corrected chi connectivity index (χ2v) is 7.45. The number of nitrogens with zero attached hydrogens (tertiary/aromatic N) is 4. The summed E-state index contributed by atoms with van der Waals surface area (Å²) in [5, 5.41) is 4.26. The fraction of sp³-hybridized carbons (Fsp3) is 0.467. The predicted molar refractivity (Wildman–Crippen MR) is 84.7 cm³/mol. The SMILES string of the molecule is CCn1nccc1-c1cccc([C@@H]2CCCN2S(C)(=O)=O)n1. The Hall–Kier alpha value is -1.73. The minimum absolute atomic E-state index is 0.159. The number of sulfonamides is 1. The number of hydrogen-bond donors (Lipinski definition) is 0. The standard InChI is InChI=1S/C15H20N4O2S/c1-3-18-14(9-10-16-18)12-6-4-7-13(17-12)15-8-5-11-19(15)22(2,20)21/h4,6-7,9-10,15H,3,5,8,11H2,1-2H3/t15-/m0/s1. The molecule has 22 heavy (non-hydrogen) atoms. The van der Waals surface area contributed by atoms with Gasteiger partial charge in [0.2, 0.25) is 10.0 Å². The van der Waals surface area contributed by atoms with E-state index in [2.05, 4.69) is 5.10 Å². The largest absolute Gasteiger partial charge is 0.264 e. The summed E-state index contributed by atoms with van der Waals surface area (Å²) < 4.78 is 27.3. The number of pyridine rings is 1. The summed E-state index contributed by atoms with van der Waals surface area (Å²) in [5.41, 5.74) is 2.59. The second kappa shape index (κ2) is 5.81. The highest BCUT2D eigenvalue weighted by molar-refractivity contribution is 7.88. The van der Waals surface area contributed by atoms with Gasteiger partial charge in [-0.1, -0.05) is 6.07 Å². The zero-order valence-corrected chi connectivity index (χ0v) is 13.6. The molecule has 0 aromatic carbocycles. The van der Waals surface area contributed by atoms with Crippen molar-refractivity contribution in [1.82, 2.24) is 19.1 Å². The van der Waals surface area contributed by atoms with Gasteiger partial charge >= 0.3 is 0 Å². The second-order valence-electron chi connectivity index (χ2n) is 5.51. The molecule has 1 fully saturated rings. The number of hydrogen-bond acceptors (Lipinski definition) is 4. The summed E-state index contributed by atoms with van der Waals surface area (Å²) in [6.45, 7) is 3.37. The Bertz CT molecular complexity index is 769. The van der Waals surface area contributed by atoms with Crippen molar-refractivity contribution in [3.63, 3.8) is 0 Å². The Balaban J connectivity index is 1.98. The molecular weight excluding hydrogens is 300 g/mol. The molecule has 0 N–H and O–H groups in total. The average Bonchev–Trinajstić information content (AvgIpc) is 3.15. The van der Waals surface area contributed by atoms with Crippen molar-refractivity contribution in [2.45, 2.75) is 32.4 Å². The Morgan fingerprint density at radius 2 is 2.14 bits per heavy atom. The van der Waals surface area contributed by atoms with Gasteiger partial charge in [0.15, 0.2) is 0 Å². The Morgan fingerprint density at radius 3 is 2.86 bits per heavy atom. The van der Waals surface area contributed by atoms with Crippen LogP contribution in [-0.2, 0) is 16.6 Å². The van der Waals surface area contributed by atoms with Crippen molar-refractivity contribution in [2.75, 3.05) is 12.8 Å². The van der Waals surface area contributed by atoms with E-state index in [1.54, 1.807) is 10.5 Å². The summed E-state index contributed by atoms with van der Waals surface area (Å²) in [4.78, 5) is 4.70. The molecule has 0 amide bonds. The number of aromatic nitrogens is 3. The van der Waals surface area contributed by atoms with Gasteiger partial charge in [-0.3, -0.25) is 4.68 Å². The maximum absolute atomic E-state index is 11.9. The normalized spacial score (nSPS) is 19.6. The van der Waals surface area contributed by atoms with Gasteiger partial charge < -0.3 is 0 Å². The summed E-state index contributed by atoms with van der Waals surface area (Å²) in [5.74, 6) is 0. The maximum atomic E-state index is 11.9. The van der Waals surface area contributed by atoms with Crippen LogP contribution in [0.25, 0.3) is 11.4 Å². The third kappa shape index (κ3) is 2.78. The van der Waals surface area contributed by atoms with Crippen LogP contribution in [0.15, 0.2) is 30.5 Å². The van der Waals surface area contributed by atoms with E-state index in [-0.39, 0.29) is 6.04 Å². The van der Waals surface area contributed by atoms with E-state index in [1.165, 1.54) is 6.26 Å². The lowest BCUT2D eigenvalue weighted by molar-refractivity contribution is 0.394. The molecule has 0 unspecified atom stereocenters. The van der Waals surface area contributed by atoms with Gasteiger partial charge in [-0.2, -0.15) is 9.40 Å². The first-order chi connectivity index (χ1) is 10.5. The van der Waals surface area contributed by atoms with Gasteiger partial charge in [0.25, 0.3) is 0 Å². The Morgan fingerprint density at radius 1 is 1.32 bits per heavy atom. The van der Waals surface area contributed by atoms with Crippen molar-refractivity contribution in [3.05, 3.63) is 36.2 Å². The van der Waals surface area contributed by atoms with Crippen LogP contribution < -0.4 is 0 Å². The van der Waals surface area contributed by atoms with Crippen LogP contribution >= 0.6 is 0 Å². The smallest absolute Gasteiger partial charge is 0.211 e. The first kappa shape index (κ1) is 15.2. The van der Waals surface area contributed by atoms with Crippen LogP contribution in [0.4, 0.5) is 0 Å². The highest BCUT2D eigenvalue weighted by Gasteiger charge is 2.33. The van der Waals surface area contributed by atoms with Gasteiger partial charge in [-0.05, 0) is 38.0 Å². The van der Waals surface area contributed by atoms with E-state index in [0.717, 1.165) is 36.5 Å². The Kier molecular flexibility index (Phi) is 4.01. The van der Waals surface area contributed by atoms with E-state index in [0.29, 0.717) is 6.54 Å². The fourth-order valence-electron chi connectivity index (χ4n) is 3.01. The van der Waals surface area contributed by atoms with Gasteiger partial charge in [0, 0.05) is 19.3 Å². The van der Waals surface area contributed by atoms with E-state index in [9.17, 15) is 8.42 Å². The Labute approximate surface area is 130 Å². The molecule has 3 heterocycles. The molecule has 1 saturated heterocycles. The van der Waals surface area contributed by atoms with Crippen LogP contribution in [0, 0.1) is 0 Å². The van der Waals surface area contributed by atoms with Crippen LogP contribution in [0.3, 0.4) is 0 Å². The highest BCUT2D eigenvalue weighted by atomic mass is 32.2. The molecule has 0 spiro atoms. The van der Waals surface area contributed by atoms with Crippen LogP contribution in [0.2, 0.25) is 0 Å². The molecule has 118 valence electrons. The third-order valence-corrected chi connectivity index (χ3v) is 5.31. The van der Waals surface area contributed by atoms with Crippen LogP contribution in [0.1, 0.15) is 31.5 Å². The van der Waals surface area contributed by atoms with Crippen LogP contribution in [0.5, 0.6) is 0 Å². The zero-order chi connectivity index (χ0) is 15.7. The minimum Gasteiger partial charge on any atom is -0.264 e. The minimum atomic E-state index is -3.20. The summed E-state index contributed by atoms with van der Waals surface area (Å²) in [6.07, 6.45) is 4.71. The summed E-state index contributed by atoms with van der Waals surface area (Å²) in [6, 6.07) is 7.55. The maximum Gasteiger partial charge on any atom is 0.211 e.